The summed E-state index contributed by atoms with van der Waals surface area (Å²) in [7, 11) is 1.62. The average Bonchev–Trinajstić information content (AvgIpc) is 2.93. The van der Waals surface area contributed by atoms with E-state index in [1.165, 1.54) is 0 Å². The minimum atomic E-state index is 0.527. The van der Waals surface area contributed by atoms with E-state index >= 15 is 0 Å². The number of benzene rings is 1. The fraction of sp³-hybridized carbons (Fsp3) is 0.0714. The van der Waals surface area contributed by atoms with Gasteiger partial charge in [-0.3, -0.25) is 5.10 Å². The van der Waals surface area contributed by atoms with Crippen molar-refractivity contribution >= 4 is 11.0 Å². The number of ether oxygens (including phenoxy) is 1. The summed E-state index contributed by atoms with van der Waals surface area (Å²) in [4.78, 5) is 4.45. The van der Waals surface area contributed by atoms with Gasteiger partial charge in [0.1, 0.15) is 11.8 Å². The summed E-state index contributed by atoms with van der Waals surface area (Å²) in [6, 6.07) is 11.4. The van der Waals surface area contributed by atoms with Crippen LogP contribution in [0.4, 0.5) is 0 Å². The van der Waals surface area contributed by atoms with Crippen molar-refractivity contribution in [1.82, 2.24) is 15.2 Å². The summed E-state index contributed by atoms with van der Waals surface area (Å²) in [6.07, 6.45) is 1.65. The second kappa shape index (κ2) is 4.42. The van der Waals surface area contributed by atoms with E-state index in [4.69, 9.17) is 4.74 Å². The van der Waals surface area contributed by atoms with Crippen LogP contribution in [0.5, 0.6) is 5.75 Å². The number of aromatic amines is 1. The van der Waals surface area contributed by atoms with Crippen molar-refractivity contribution in [2.45, 2.75) is 0 Å². The van der Waals surface area contributed by atoms with E-state index in [9.17, 15) is 5.26 Å². The predicted octanol–water partition coefficient (Wildman–Crippen LogP) is 2.51. The van der Waals surface area contributed by atoms with E-state index in [0.717, 1.165) is 16.7 Å². The summed E-state index contributed by atoms with van der Waals surface area (Å²) in [5.74, 6) is 0.768. The van der Waals surface area contributed by atoms with Crippen LogP contribution in [0, 0.1) is 11.3 Å². The molecule has 5 nitrogen and oxygen atoms in total. The van der Waals surface area contributed by atoms with Gasteiger partial charge in [-0.25, -0.2) is 4.98 Å². The summed E-state index contributed by atoms with van der Waals surface area (Å²) in [5.41, 5.74) is 2.71. The standard InChI is InChI=1S/C14H10N4O/c1-19-12-4-2-9(3-5-12)13-10(7-15)6-11-8-16-18-14(11)17-13/h2-6,8H,1H3,(H,16,17,18). The zero-order chi connectivity index (χ0) is 13.2. The molecule has 0 fully saturated rings. The van der Waals surface area contributed by atoms with Crippen LogP contribution in [0.2, 0.25) is 0 Å². The average molecular weight is 250 g/mol. The number of rotatable bonds is 2. The molecule has 92 valence electrons. The van der Waals surface area contributed by atoms with Crippen LogP contribution in [-0.2, 0) is 0 Å². The molecule has 0 spiro atoms. The summed E-state index contributed by atoms with van der Waals surface area (Å²) in [5, 5.41) is 16.8. The van der Waals surface area contributed by atoms with Gasteiger partial charge in [-0.05, 0) is 30.3 Å². The number of hydrogen-bond acceptors (Lipinski definition) is 4. The Morgan fingerprint density at radius 2 is 2.05 bits per heavy atom. The molecule has 2 aromatic heterocycles. The lowest BCUT2D eigenvalue weighted by atomic mass is 10.1. The third-order valence-electron chi connectivity index (χ3n) is 2.91. The summed E-state index contributed by atoms with van der Waals surface area (Å²) >= 11 is 0. The minimum Gasteiger partial charge on any atom is -0.497 e. The van der Waals surface area contributed by atoms with Crippen LogP contribution >= 0.6 is 0 Å². The molecule has 2 heterocycles. The quantitative estimate of drug-likeness (QED) is 0.758. The number of fused-ring (bicyclic) bond motifs is 1. The van der Waals surface area contributed by atoms with Crippen LogP contribution in [0.1, 0.15) is 5.56 Å². The maximum Gasteiger partial charge on any atom is 0.155 e. The number of hydrogen-bond donors (Lipinski definition) is 1. The molecular weight excluding hydrogens is 240 g/mol. The molecule has 3 rings (SSSR count). The number of nitrogens with zero attached hydrogens (tertiary/aromatic N) is 3. The smallest absolute Gasteiger partial charge is 0.155 e. The second-order valence-corrected chi connectivity index (χ2v) is 4.03. The first-order chi connectivity index (χ1) is 9.31. The van der Waals surface area contributed by atoms with E-state index in [1.807, 2.05) is 24.3 Å². The van der Waals surface area contributed by atoms with Crippen molar-refractivity contribution in [2.75, 3.05) is 7.11 Å². The number of aromatic nitrogens is 3. The highest BCUT2D eigenvalue weighted by Gasteiger charge is 2.10. The first-order valence-corrected chi connectivity index (χ1v) is 5.70. The van der Waals surface area contributed by atoms with Gasteiger partial charge in [0, 0.05) is 10.9 Å². The highest BCUT2D eigenvalue weighted by molar-refractivity contribution is 5.81. The molecule has 1 aromatic carbocycles. The van der Waals surface area contributed by atoms with Crippen molar-refractivity contribution in [3.63, 3.8) is 0 Å². The van der Waals surface area contributed by atoms with Crippen LogP contribution in [0.25, 0.3) is 22.3 Å². The Morgan fingerprint density at radius 3 is 2.74 bits per heavy atom. The Kier molecular flexibility index (Phi) is 2.62. The van der Waals surface area contributed by atoms with Crippen molar-refractivity contribution in [2.24, 2.45) is 0 Å². The van der Waals surface area contributed by atoms with E-state index in [2.05, 4.69) is 21.3 Å². The molecule has 0 saturated carbocycles. The molecule has 0 bridgehead atoms. The molecule has 1 N–H and O–H groups in total. The Bertz CT molecular complexity index is 768. The third kappa shape index (κ3) is 1.89. The lowest BCUT2D eigenvalue weighted by molar-refractivity contribution is 0.415. The summed E-state index contributed by atoms with van der Waals surface area (Å²) in [6.45, 7) is 0. The molecule has 0 aliphatic rings. The lowest BCUT2D eigenvalue weighted by Gasteiger charge is -2.05. The van der Waals surface area contributed by atoms with Gasteiger partial charge in [-0.1, -0.05) is 0 Å². The fourth-order valence-electron chi connectivity index (χ4n) is 1.93. The van der Waals surface area contributed by atoms with Gasteiger partial charge in [-0.2, -0.15) is 10.4 Å². The molecular formula is C14H10N4O. The Balaban J connectivity index is 2.19. The van der Waals surface area contributed by atoms with Gasteiger partial charge >= 0.3 is 0 Å². The number of methoxy groups -OCH3 is 1. The summed E-state index contributed by atoms with van der Waals surface area (Å²) < 4.78 is 5.12. The normalized spacial score (nSPS) is 10.3. The molecule has 0 atom stereocenters. The van der Waals surface area contributed by atoms with E-state index < -0.39 is 0 Å². The number of H-pyrrole nitrogens is 1. The van der Waals surface area contributed by atoms with Crippen LogP contribution < -0.4 is 4.74 Å². The van der Waals surface area contributed by atoms with Crippen molar-refractivity contribution in [1.29, 1.82) is 5.26 Å². The largest absolute Gasteiger partial charge is 0.497 e. The Labute approximate surface area is 109 Å². The second-order valence-electron chi connectivity index (χ2n) is 4.03. The molecule has 19 heavy (non-hydrogen) atoms. The van der Waals surface area contributed by atoms with Gasteiger partial charge in [0.25, 0.3) is 0 Å². The van der Waals surface area contributed by atoms with Gasteiger partial charge in [0.05, 0.1) is 24.6 Å². The van der Waals surface area contributed by atoms with Gasteiger partial charge in [0.15, 0.2) is 5.65 Å². The molecule has 0 aliphatic heterocycles. The molecule has 5 heteroatoms. The third-order valence-corrected chi connectivity index (χ3v) is 2.91. The van der Waals surface area contributed by atoms with Crippen LogP contribution in [-0.4, -0.2) is 22.3 Å². The SMILES string of the molecule is COc1ccc(-c2nc3[nH]ncc3cc2C#N)cc1. The zero-order valence-corrected chi connectivity index (χ0v) is 10.2. The van der Waals surface area contributed by atoms with Crippen LogP contribution in [0.3, 0.4) is 0 Å². The van der Waals surface area contributed by atoms with Crippen molar-refractivity contribution in [3.8, 4) is 23.1 Å². The fourth-order valence-corrected chi connectivity index (χ4v) is 1.93. The van der Waals surface area contributed by atoms with Crippen LogP contribution in [0.15, 0.2) is 36.5 Å². The highest BCUT2D eigenvalue weighted by Crippen LogP contribution is 2.26. The molecule has 0 aliphatic carbocycles. The Hall–Kier alpha value is -2.87. The number of nitrogens with one attached hydrogen (secondary N) is 1. The highest BCUT2D eigenvalue weighted by atomic mass is 16.5. The monoisotopic (exact) mass is 250 g/mol. The van der Waals surface area contributed by atoms with E-state index in [0.29, 0.717) is 16.9 Å². The van der Waals surface area contributed by atoms with Gasteiger partial charge in [0.2, 0.25) is 0 Å². The topological polar surface area (TPSA) is 74.6 Å². The maximum atomic E-state index is 9.23. The lowest BCUT2D eigenvalue weighted by Crippen LogP contribution is -1.91. The predicted molar refractivity (Wildman–Crippen MR) is 70.6 cm³/mol. The van der Waals surface area contributed by atoms with E-state index in [1.54, 1.807) is 19.4 Å². The molecule has 0 saturated heterocycles. The molecule has 0 amide bonds. The maximum absolute atomic E-state index is 9.23. The minimum absolute atomic E-state index is 0.527. The Morgan fingerprint density at radius 1 is 1.26 bits per heavy atom. The van der Waals surface area contributed by atoms with E-state index in [-0.39, 0.29) is 0 Å². The number of nitriles is 1. The van der Waals surface area contributed by atoms with Crippen molar-refractivity contribution < 1.29 is 4.74 Å². The zero-order valence-electron chi connectivity index (χ0n) is 10.2. The van der Waals surface area contributed by atoms with Gasteiger partial charge < -0.3 is 4.74 Å². The first kappa shape index (κ1) is 11.2. The molecule has 0 unspecified atom stereocenters. The first-order valence-electron chi connectivity index (χ1n) is 5.70. The van der Waals surface area contributed by atoms with Gasteiger partial charge in [-0.15, -0.1) is 0 Å². The molecule has 0 radical (unpaired) electrons. The van der Waals surface area contributed by atoms with Crippen molar-refractivity contribution in [3.05, 3.63) is 42.1 Å². The molecule has 3 aromatic rings. The number of pyridine rings is 1.